The molecule has 0 aliphatic heterocycles. The summed E-state index contributed by atoms with van der Waals surface area (Å²) in [5, 5.41) is 5.81. The van der Waals surface area contributed by atoms with E-state index in [2.05, 4.69) is 20.3 Å². The number of carbonyl (C=O) groups excluding carboxylic acids is 1. The second kappa shape index (κ2) is 8.16. The van der Waals surface area contributed by atoms with E-state index in [4.69, 9.17) is 11.6 Å². The van der Waals surface area contributed by atoms with Gasteiger partial charge in [0.25, 0.3) is 5.91 Å². The van der Waals surface area contributed by atoms with E-state index in [0.717, 1.165) is 0 Å². The molecule has 9 heteroatoms. The molecule has 0 saturated heterocycles. The first kappa shape index (κ1) is 17.7. The van der Waals surface area contributed by atoms with Crippen molar-refractivity contribution in [3.8, 4) is 0 Å². The standard InChI is InChI=1S/C12H19ClN4O3S/c1-3-14-11-10(13)7-9(8-16-11)12(18)15-5-6-21(19,20)17-4-2/h7-8,17H,3-6H2,1-2H3,(H,14,16)(H,15,18). The van der Waals surface area contributed by atoms with Crippen molar-refractivity contribution in [2.45, 2.75) is 13.8 Å². The largest absolute Gasteiger partial charge is 0.369 e. The van der Waals surface area contributed by atoms with Crippen LogP contribution in [0.15, 0.2) is 12.3 Å². The van der Waals surface area contributed by atoms with Gasteiger partial charge in [-0.2, -0.15) is 0 Å². The maximum Gasteiger partial charge on any atom is 0.252 e. The normalized spacial score (nSPS) is 11.2. The molecule has 21 heavy (non-hydrogen) atoms. The van der Waals surface area contributed by atoms with Crippen molar-refractivity contribution in [3.63, 3.8) is 0 Å². The first-order chi connectivity index (χ1) is 9.89. The summed E-state index contributed by atoms with van der Waals surface area (Å²) in [6, 6.07) is 1.49. The third-order valence-electron chi connectivity index (χ3n) is 2.47. The highest BCUT2D eigenvalue weighted by atomic mass is 35.5. The van der Waals surface area contributed by atoms with Gasteiger partial charge in [0.1, 0.15) is 5.82 Å². The maximum absolute atomic E-state index is 11.9. The topological polar surface area (TPSA) is 100 Å². The van der Waals surface area contributed by atoms with Crippen LogP contribution in [-0.2, 0) is 10.0 Å². The maximum atomic E-state index is 11.9. The fourth-order valence-electron chi connectivity index (χ4n) is 1.55. The predicted molar refractivity (Wildman–Crippen MR) is 83.2 cm³/mol. The van der Waals surface area contributed by atoms with E-state index in [1.807, 2.05) is 6.92 Å². The average molecular weight is 335 g/mol. The summed E-state index contributed by atoms with van der Waals surface area (Å²) in [5.74, 6) is -0.0898. The van der Waals surface area contributed by atoms with Crippen LogP contribution in [-0.4, -0.2) is 44.7 Å². The lowest BCUT2D eigenvalue weighted by Gasteiger charge is -2.08. The number of pyridine rings is 1. The number of hydrogen-bond acceptors (Lipinski definition) is 5. The van der Waals surface area contributed by atoms with E-state index in [-0.39, 0.29) is 17.9 Å². The van der Waals surface area contributed by atoms with Gasteiger partial charge in [-0.25, -0.2) is 18.1 Å². The van der Waals surface area contributed by atoms with Crippen LogP contribution in [0.5, 0.6) is 0 Å². The Balaban J connectivity index is 2.58. The highest BCUT2D eigenvalue weighted by molar-refractivity contribution is 7.89. The van der Waals surface area contributed by atoms with Crippen LogP contribution in [0, 0.1) is 0 Å². The Labute approximate surface area is 129 Å². The molecule has 0 unspecified atom stereocenters. The number of hydrogen-bond donors (Lipinski definition) is 3. The Morgan fingerprint density at radius 2 is 2.05 bits per heavy atom. The molecular formula is C12H19ClN4O3S. The molecule has 1 aromatic rings. The third kappa shape index (κ3) is 5.86. The molecule has 0 aliphatic rings. The van der Waals surface area contributed by atoms with Crippen LogP contribution in [0.2, 0.25) is 5.02 Å². The number of aromatic nitrogens is 1. The van der Waals surface area contributed by atoms with Crippen molar-refractivity contribution in [1.82, 2.24) is 15.0 Å². The molecule has 0 bridgehead atoms. The van der Waals surface area contributed by atoms with Gasteiger partial charge in [0, 0.05) is 25.8 Å². The minimum Gasteiger partial charge on any atom is -0.369 e. The minimum atomic E-state index is -3.35. The van der Waals surface area contributed by atoms with Crippen LogP contribution in [0.4, 0.5) is 5.82 Å². The monoisotopic (exact) mass is 334 g/mol. The molecule has 0 fully saturated rings. The van der Waals surface area contributed by atoms with Gasteiger partial charge in [-0.3, -0.25) is 4.79 Å². The zero-order chi connectivity index (χ0) is 15.9. The zero-order valence-corrected chi connectivity index (χ0v) is 13.5. The van der Waals surface area contributed by atoms with E-state index >= 15 is 0 Å². The van der Waals surface area contributed by atoms with Gasteiger partial charge in [-0.05, 0) is 13.0 Å². The molecule has 0 aliphatic carbocycles. The van der Waals surface area contributed by atoms with E-state index in [9.17, 15) is 13.2 Å². The summed E-state index contributed by atoms with van der Waals surface area (Å²) >= 11 is 5.99. The molecule has 1 amide bonds. The number of sulfonamides is 1. The number of rotatable bonds is 8. The average Bonchev–Trinajstić information content (AvgIpc) is 2.40. The highest BCUT2D eigenvalue weighted by Gasteiger charge is 2.12. The summed E-state index contributed by atoms with van der Waals surface area (Å²) in [5.41, 5.74) is 0.280. The van der Waals surface area contributed by atoms with Crippen molar-refractivity contribution < 1.29 is 13.2 Å². The predicted octanol–water partition coefficient (Wildman–Crippen LogP) is 0.836. The smallest absolute Gasteiger partial charge is 0.252 e. The van der Waals surface area contributed by atoms with Gasteiger partial charge in [-0.1, -0.05) is 18.5 Å². The van der Waals surface area contributed by atoms with E-state index in [1.165, 1.54) is 12.3 Å². The van der Waals surface area contributed by atoms with E-state index in [1.54, 1.807) is 6.92 Å². The number of nitrogens with zero attached hydrogens (tertiary/aromatic N) is 1. The SMILES string of the molecule is CCNc1ncc(C(=O)NCCS(=O)(=O)NCC)cc1Cl. The second-order valence-electron chi connectivity index (χ2n) is 4.16. The first-order valence-corrected chi connectivity index (χ1v) is 8.57. The van der Waals surface area contributed by atoms with Gasteiger partial charge in [-0.15, -0.1) is 0 Å². The molecule has 0 radical (unpaired) electrons. The Bertz CT molecular complexity index is 592. The molecule has 118 valence electrons. The van der Waals surface area contributed by atoms with Crippen molar-refractivity contribution in [2.75, 3.05) is 30.7 Å². The quantitative estimate of drug-likeness (QED) is 0.654. The van der Waals surface area contributed by atoms with Crippen molar-refractivity contribution in [3.05, 3.63) is 22.8 Å². The Morgan fingerprint density at radius 3 is 2.62 bits per heavy atom. The third-order valence-corrected chi connectivity index (χ3v) is 4.23. The Morgan fingerprint density at radius 1 is 1.33 bits per heavy atom. The first-order valence-electron chi connectivity index (χ1n) is 6.54. The van der Waals surface area contributed by atoms with Crippen molar-refractivity contribution in [2.24, 2.45) is 0 Å². The molecule has 0 atom stereocenters. The van der Waals surface area contributed by atoms with Gasteiger partial charge < -0.3 is 10.6 Å². The molecule has 7 nitrogen and oxygen atoms in total. The summed E-state index contributed by atoms with van der Waals surface area (Å²) in [6.07, 6.45) is 1.39. The Kier molecular flexibility index (Phi) is 6.86. The van der Waals surface area contributed by atoms with Crippen molar-refractivity contribution in [1.29, 1.82) is 0 Å². The molecule has 1 heterocycles. The summed E-state index contributed by atoms with van der Waals surface area (Å²) in [4.78, 5) is 15.9. The number of nitrogens with one attached hydrogen (secondary N) is 3. The summed E-state index contributed by atoms with van der Waals surface area (Å²) < 4.78 is 25.2. The molecule has 0 spiro atoms. The summed E-state index contributed by atoms with van der Waals surface area (Å²) in [6.45, 7) is 4.60. The van der Waals surface area contributed by atoms with Crippen LogP contribution in [0.3, 0.4) is 0 Å². The molecule has 0 aromatic carbocycles. The number of carbonyl (C=O) groups is 1. The molecule has 1 aromatic heterocycles. The lowest BCUT2D eigenvalue weighted by Crippen LogP contribution is -2.34. The summed E-state index contributed by atoms with van der Waals surface area (Å²) in [7, 11) is -3.35. The lowest BCUT2D eigenvalue weighted by atomic mass is 10.2. The molecular weight excluding hydrogens is 316 g/mol. The molecule has 0 saturated carbocycles. The second-order valence-corrected chi connectivity index (χ2v) is 6.49. The minimum absolute atomic E-state index is 0.0146. The van der Waals surface area contributed by atoms with Crippen LogP contribution in [0.25, 0.3) is 0 Å². The highest BCUT2D eigenvalue weighted by Crippen LogP contribution is 2.19. The zero-order valence-electron chi connectivity index (χ0n) is 11.9. The number of amides is 1. The number of halogens is 1. The molecule has 3 N–H and O–H groups in total. The van der Waals surface area contributed by atoms with E-state index in [0.29, 0.717) is 23.9 Å². The van der Waals surface area contributed by atoms with Gasteiger partial charge >= 0.3 is 0 Å². The number of anilines is 1. The Hall–Kier alpha value is -1.38. The van der Waals surface area contributed by atoms with Crippen LogP contribution >= 0.6 is 11.6 Å². The van der Waals surface area contributed by atoms with Crippen molar-refractivity contribution >= 4 is 33.3 Å². The van der Waals surface area contributed by atoms with Gasteiger partial charge in [0.2, 0.25) is 10.0 Å². The van der Waals surface area contributed by atoms with E-state index < -0.39 is 15.9 Å². The van der Waals surface area contributed by atoms with Crippen LogP contribution < -0.4 is 15.4 Å². The van der Waals surface area contributed by atoms with Crippen LogP contribution in [0.1, 0.15) is 24.2 Å². The molecule has 1 rings (SSSR count). The van der Waals surface area contributed by atoms with Gasteiger partial charge in [0.15, 0.2) is 0 Å². The van der Waals surface area contributed by atoms with Gasteiger partial charge in [0.05, 0.1) is 16.3 Å². The lowest BCUT2D eigenvalue weighted by molar-refractivity contribution is 0.0956. The fourth-order valence-corrected chi connectivity index (χ4v) is 2.74. The fraction of sp³-hybridized carbons (Fsp3) is 0.500.